The van der Waals surface area contributed by atoms with E-state index in [0.717, 1.165) is 16.7 Å². The Balaban J connectivity index is 1.90. The van der Waals surface area contributed by atoms with Crippen molar-refractivity contribution < 1.29 is 14.7 Å². The van der Waals surface area contributed by atoms with E-state index in [1.165, 1.54) is 4.90 Å². The van der Waals surface area contributed by atoms with Crippen LogP contribution in [0.3, 0.4) is 0 Å². The zero-order valence-electron chi connectivity index (χ0n) is 15.9. The number of hydrogen-bond donors (Lipinski definition) is 2. The number of amides is 2. The molecule has 0 fully saturated rings. The molecule has 0 radical (unpaired) electrons. The average Bonchev–Trinajstić information content (AvgIpc) is 3.18. The van der Waals surface area contributed by atoms with Crippen LogP contribution in [-0.4, -0.2) is 27.0 Å². The van der Waals surface area contributed by atoms with E-state index in [9.17, 15) is 20.0 Å². The second-order valence-corrected chi connectivity index (χ2v) is 8.25. The van der Waals surface area contributed by atoms with Gasteiger partial charge in [-0.15, -0.1) is 0 Å². The summed E-state index contributed by atoms with van der Waals surface area (Å²) in [5, 5.41) is 21.5. The molecule has 0 bridgehead atoms. The molecule has 142 valence electrons. The van der Waals surface area contributed by atoms with Gasteiger partial charge in [-0.1, -0.05) is 20.8 Å². The van der Waals surface area contributed by atoms with Gasteiger partial charge in [0.1, 0.15) is 5.92 Å². The van der Waals surface area contributed by atoms with Crippen LogP contribution in [0.4, 0.5) is 10.5 Å². The first-order chi connectivity index (χ1) is 13.2. The molecule has 7 nitrogen and oxygen atoms in total. The van der Waals surface area contributed by atoms with Gasteiger partial charge in [-0.3, -0.25) is 14.7 Å². The maximum Gasteiger partial charge on any atom is 0.407 e. The smallest absolute Gasteiger partial charge is 0.407 e. The number of anilines is 1. The molecule has 1 atom stereocenters. The Hall–Kier alpha value is -3.40. The van der Waals surface area contributed by atoms with E-state index in [1.807, 2.05) is 26.8 Å². The standard InChI is InChI=1S/C21H20N4O3/c1-21(2,3)14-7-12-9-25(20(27)28)10-16(12)23-18(14)17-13-6-11(8-22)4-5-15(13)24-19(17)26/h4-7,17H,9-10H2,1-3H3,(H,24,26)(H,27,28). The zero-order valence-corrected chi connectivity index (χ0v) is 15.9. The first-order valence-electron chi connectivity index (χ1n) is 9.05. The highest BCUT2D eigenvalue weighted by molar-refractivity contribution is 6.05. The van der Waals surface area contributed by atoms with Gasteiger partial charge in [0, 0.05) is 5.69 Å². The summed E-state index contributed by atoms with van der Waals surface area (Å²) in [5.74, 6) is -0.808. The number of carbonyl (C=O) groups is 2. The minimum absolute atomic E-state index is 0.184. The lowest BCUT2D eigenvalue weighted by molar-refractivity contribution is -0.116. The summed E-state index contributed by atoms with van der Waals surface area (Å²) in [6.07, 6.45) is -0.987. The van der Waals surface area contributed by atoms with Crippen LogP contribution < -0.4 is 5.32 Å². The van der Waals surface area contributed by atoms with Crippen LogP contribution >= 0.6 is 0 Å². The molecule has 1 aromatic carbocycles. The van der Waals surface area contributed by atoms with Crippen LogP contribution in [0.1, 0.15) is 60.3 Å². The third-order valence-corrected chi connectivity index (χ3v) is 5.29. The SMILES string of the molecule is CC(C)(C)c1cc2c(nc1C1C(=O)Nc3ccc(C#N)cc31)CN(C(=O)O)C2. The first kappa shape index (κ1) is 18.0. The van der Waals surface area contributed by atoms with Crippen molar-refractivity contribution >= 4 is 17.7 Å². The highest BCUT2D eigenvalue weighted by atomic mass is 16.4. The van der Waals surface area contributed by atoms with Crippen LogP contribution in [0, 0.1) is 11.3 Å². The summed E-state index contributed by atoms with van der Waals surface area (Å²) in [5.41, 5.74) is 4.71. The van der Waals surface area contributed by atoms with Crippen LogP contribution in [-0.2, 0) is 23.3 Å². The van der Waals surface area contributed by atoms with Gasteiger partial charge in [-0.05, 0) is 46.4 Å². The first-order valence-corrected chi connectivity index (χ1v) is 9.05. The summed E-state index contributed by atoms with van der Waals surface area (Å²) in [7, 11) is 0. The van der Waals surface area contributed by atoms with Crippen molar-refractivity contribution in [1.29, 1.82) is 5.26 Å². The number of benzene rings is 1. The van der Waals surface area contributed by atoms with E-state index in [0.29, 0.717) is 29.2 Å². The third-order valence-electron chi connectivity index (χ3n) is 5.29. The number of aromatic nitrogens is 1. The lowest BCUT2D eigenvalue weighted by Crippen LogP contribution is -2.23. The van der Waals surface area contributed by atoms with Crippen LogP contribution in [0.2, 0.25) is 0 Å². The number of fused-ring (bicyclic) bond motifs is 2. The molecule has 1 aromatic heterocycles. The lowest BCUT2D eigenvalue weighted by atomic mass is 9.80. The molecular formula is C21H20N4O3. The minimum Gasteiger partial charge on any atom is -0.465 e. The molecule has 0 saturated carbocycles. The molecule has 3 heterocycles. The van der Waals surface area contributed by atoms with Crippen LogP contribution in [0.25, 0.3) is 0 Å². The number of carboxylic acid groups (broad SMARTS) is 1. The van der Waals surface area contributed by atoms with E-state index in [1.54, 1.807) is 18.2 Å². The normalized spacial score (nSPS) is 17.7. The predicted octanol–water partition coefficient (Wildman–Crippen LogP) is 3.33. The lowest BCUT2D eigenvalue weighted by Gasteiger charge is -2.25. The molecule has 0 saturated heterocycles. The maximum atomic E-state index is 12.8. The van der Waals surface area contributed by atoms with Gasteiger partial charge in [0.05, 0.1) is 36.1 Å². The van der Waals surface area contributed by atoms with E-state index >= 15 is 0 Å². The van der Waals surface area contributed by atoms with Crippen LogP contribution in [0.5, 0.6) is 0 Å². The highest BCUT2D eigenvalue weighted by Gasteiger charge is 2.38. The number of pyridine rings is 1. The van der Waals surface area contributed by atoms with E-state index in [-0.39, 0.29) is 17.9 Å². The summed E-state index contributed by atoms with van der Waals surface area (Å²) >= 11 is 0. The Kier molecular flexibility index (Phi) is 3.89. The fraction of sp³-hybridized carbons (Fsp3) is 0.333. The molecule has 28 heavy (non-hydrogen) atoms. The number of nitrogens with zero attached hydrogens (tertiary/aromatic N) is 3. The van der Waals surface area contributed by atoms with Crippen molar-refractivity contribution in [2.75, 3.05) is 5.32 Å². The second kappa shape index (κ2) is 6.06. The molecule has 0 aliphatic carbocycles. The van der Waals surface area contributed by atoms with Gasteiger partial charge in [0.25, 0.3) is 0 Å². The molecule has 2 aromatic rings. The monoisotopic (exact) mass is 376 g/mol. The van der Waals surface area contributed by atoms with Crippen molar-refractivity contribution in [2.45, 2.75) is 45.2 Å². The summed E-state index contributed by atoms with van der Waals surface area (Å²) < 4.78 is 0. The number of nitrogens with one attached hydrogen (secondary N) is 1. The Morgan fingerprint density at radius 3 is 2.71 bits per heavy atom. The fourth-order valence-corrected chi connectivity index (χ4v) is 3.88. The molecular weight excluding hydrogens is 356 g/mol. The molecule has 2 aliphatic rings. The Labute approximate surface area is 162 Å². The fourth-order valence-electron chi connectivity index (χ4n) is 3.88. The number of carbonyl (C=O) groups excluding carboxylic acids is 1. The maximum absolute atomic E-state index is 12.8. The van der Waals surface area contributed by atoms with Crippen LogP contribution in [0.15, 0.2) is 24.3 Å². The predicted molar refractivity (Wildman–Crippen MR) is 102 cm³/mol. The van der Waals surface area contributed by atoms with Gasteiger partial charge in [-0.2, -0.15) is 5.26 Å². The molecule has 2 N–H and O–H groups in total. The van der Waals surface area contributed by atoms with Crippen molar-refractivity contribution in [2.24, 2.45) is 0 Å². The van der Waals surface area contributed by atoms with E-state index < -0.39 is 12.0 Å². The quantitative estimate of drug-likeness (QED) is 0.794. The average molecular weight is 376 g/mol. The number of nitriles is 1. The molecule has 0 spiro atoms. The van der Waals surface area contributed by atoms with Crippen molar-refractivity contribution in [3.63, 3.8) is 0 Å². The van der Waals surface area contributed by atoms with E-state index in [2.05, 4.69) is 11.4 Å². The third kappa shape index (κ3) is 2.78. The van der Waals surface area contributed by atoms with E-state index in [4.69, 9.17) is 4.98 Å². The molecule has 1 unspecified atom stereocenters. The van der Waals surface area contributed by atoms with Gasteiger partial charge in [0.2, 0.25) is 5.91 Å². The van der Waals surface area contributed by atoms with Gasteiger partial charge >= 0.3 is 6.09 Å². The molecule has 4 rings (SSSR count). The molecule has 2 aliphatic heterocycles. The number of hydrogen-bond acceptors (Lipinski definition) is 4. The van der Waals surface area contributed by atoms with Gasteiger partial charge in [0.15, 0.2) is 0 Å². The Morgan fingerprint density at radius 2 is 2.07 bits per heavy atom. The highest BCUT2D eigenvalue weighted by Crippen LogP contribution is 2.42. The molecule has 2 amide bonds. The Bertz CT molecular complexity index is 1060. The largest absolute Gasteiger partial charge is 0.465 e. The Morgan fingerprint density at radius 1 is 1.32 bits per heavy atom. The van der Waals surface area contributed by atoms with Gasteiger partial charge < -0.3 is 10.4 Å². The summed E-state index contributed by atoms with van der Waals surface area (Å²) in [4.78, 5) is 30.3. The topological polar surface area (TPSA) is 106 Å². The minimum atomic E-state index is -0.987. The molecule has 7 heteroatoms. The number of rotatable bonds is 1. The second-order valence-electron chi connectivity index (χ2n) is 8.25. The zero-order chi connectivity index (χ0) is 20.2. The summed E-state index contributed by atoms with van der Waals surface area (Å²) in [6, 6.07) is 9.24. The van der Waals surface area contributed by atoms with Gasteiger partial charge in [-0.25, -0.2) is 4.79 Å². The van der Waals surface area contributed by atoms with Crippen molar-refractivity contribution in [3.05, 3.63) is 57.9 Å². The summed E-state index contributed by atoms with van der Waals surface area (Å²) in [6.45, 7) is 6.64. The van der Waals surface area contributed by atoms with Crippen molar-refractivity contribution in [3.8, 4) is 6.07 Å². The van der Waals surface area contributed by atoms with Crippen molar-refractivity contribution in [1.82, 2.24) is 9.88 Å².